The van der Waals surface area contributed by atoms with Crippen LogP contribution in [0.15, 0.2) is 41.6 Å². The lowest BCUT2D eigenvalue weighted by atomic mass is 9.99. The molecule has 122 valence electrons. The summed E-state index contributed by atoms with van der Waals surface area (Å²) in [5, 5.41) is 4.45. The van der Waals surface area contributed by atoms with E-state index in [0.29, 0.717) is 6.61 Å². The van der Waals surface area contributed by atoms with Gasteiger partial charge in [0.15, 0.2) is 0 Å². The van der Waals surface area contributed by atoms with Crippen LogP contribution in [0.5, 0.6) is 0 Å². The molecule has 0 aliphatic carbocycles. The zero-order chi connectivity index (χ0) is 16.8. The Hall–Kier alpha value is -2.09. The molecule has 0 fully saturated rings. The predicted molar refractivity (Wildman–Crippen MR) is 98.1 cm³/mol. The summed E-state index contributed by atoms with van der Waals surface area (Å²) in [4.78, 5) is 5.68. The second kappa shape index (κ2) is 7.96. The Bertz CT molecular complexity index is 701. The number of aryl methyl sites for hydroxylation is 4. The fourth-order valence-electron chi connectivity index (χ4n) is 2.79. The highest BCUT2D eigenvalue weighted by molar-refractivity contribution is 6.01. The first-order valence-corrected chi connectivity index (χ1v) is 8.34. The van der Waals surface area contributed by atoms with Gasteiger partial charge in [-0.3, -0.25) is 0 Å². The number of hydrogen-bond donors (Lipinski definition) is 0. The monoisotopic (exact) mass is 309 g/mol. The minimum absolute atomic E-state index is 0.518. The zero-order valence-electron chi connectivity index (χ0n) is 14.9. The van der Waals surface area contributed by atoms with Crippen LogP contribution in [0.25, 0.3) is 0 Å². The number of hydrogen-bond acceptors (Lipinski definition) is 2. The van der Waals surface area contributed by atoms with Gasteiger partial charge in [-0.2, -0.15) is 0 Å². The van der Waals surface area contributed by atoms with E-state index in [4.69, 9.17) is 4.84 Å². The van der Waals surface area contributed by atoms with E-state index < -0.39 is 0 Å². The number of nitrogens with zero attached hydrogens (tertiary/aromatic N) is 1. The van der Waals surface area contributed by atoms with E-state index in [2.05, 4.69) is 76.2 Å². The Balaban J connectivity index is 2.15. The average Bonchev–Trinajstić information content (AvgIpc) is 2.49. The van der Waals surface area contributed by atoms with Gasteiger partial charge in [-0.1, -0.05) is 66.0 Å². The van der Waals surface area contributed by atoms with Crippen LogP contribution in [0.4, 0.5) is 0 Å². The second-order valence-electron chi connectivity index (χ2n) is 6.31. The average molecular weight is 309 g/mol. The van der Waals surface area contributed by atoms with E-state index in [9.17, 15) is 0 Å². The van der Waals surface area contributed by atoms with Crippen molar-refractivity contribution in [1.82, 2.24) is 0 Å². The van der Waals surface area contributed by atoms with Crippen molar-refractivity contribution in [3.05, 3.63) is 69.8 Å². The minimum atomic E-state index is 0.518. The van der Waals surface area contributed by atoms with Crippen LogP contribution in [0.1, 0.15) is 53.1 Å². The molecule has 0 atom stereocenters. The smallest absolute Gasteiger partial charge is 0.142 e. The summed E-state index contributed by atoms with van der Waals surface area (Å²) in [6, 6.07) is 12.9. The summed E-state index contributed by atoms with van der Waals surface area (Å²) >= 11 is 0. The second-order valence-corrected chi connectivity index (χ2v) is 6.31. The van der Waals surface area contributed by atoms with Gasteiger partial charge < -0.3 is 4.84 Å². The van der Waals surface area contributed by atoms with E-state index in [-0.39, 0.29) is 0 Å². The predicted octanol–water partition coefficient (Wildman–Crippen LogP) is 5.64. The third-order valence-corrected chi connectivity index (χ3v) is 4.07. The van der Waals surface area contributed by atoms with Crippen molar-refractivity contribution in [2.45, 2.75) is 54.1 Å². The molecule has 2 aromatic rings. The molecule has 0 aliphatic rings. The van der Waals surface area contributed by atoms with Crippen molar-refractivity contribution < 1.29 is 4.84 Å². The summed E-state index contributed by atoms with van der Waals surface area (Å²) in [5.74, 6) is 0. The van der Waals surface area contributed by atoms with Gasteiger partial charge in [0.25, 0.3) is 0 Å². The third kappa shape index (κ3) is 4.69. The molecule has 0 saturated heterocycles. The van der Waals surface area contributed by atoms with Crippen LogP contribution in [0.2, 0.25) is 0 Å². The Morgan fingerprint density at radius 2 is 1.57 bits per heavy atom. The first-order chi connectivity index (χ1) is 11.0. The van der Waals surface area contributed by atoms with Crippen molar-refractivity contribution in [2.75, 3.05) is 0 Å². The number of oxime groups is 1. The number of benzene rings is 2. The molecular weight excluding hydrogens is 282 g/mol. The molecule has 0 aliphatic heterocycles. The van der Waals surface area contributed by atoms with Crippen molar-refractivity contribution in [3.8, 4) is 0 Å². The Labute approximate surface area is 140 Å². The Morgan fingerprint density at radius 1 is 0.913 bits per heavy atom. The zero-order valence-corrected chi connectivity index (χ0v) is 14.9. The first-order valence-electron chi connectivity index (χ1n) is 8.34. The van der Waals surface area contributed by atoms with Gasteiger partial charge in [0, 0.05) is 5.56 Å². The molecule has 0 amide bonds. The Morgan fingerprint density at radius 3 is 2.17 bits per heavy atom. The highest BCUT2D eigenvalue weighted by Crippen LogP contribution is 2.16. The van der Waals surface area contributed by atoms with Crippen LogP contribution in [0, 0.1) is 27.7 Å². The fourth-order valence-corrected chi connectivity index (χ4v) is 2.79. The van der Waals surface area contributed by atoms with Crippen molar-refractivity contribution >= 4 is 5.71 Å². The SMILES string of the molecule is CCC/C(=N\OCc1ccc(C)cc1C)c1ccc(C)cc1C. The topological polar surface area (TPSA) is 21.6 Å². The van der Waals surface area contributed by atoms with Crippen LogP contribution in [-0.4, -0.2) is 5.71 Å². The molecule has 2 aromatic carbocycles. The molecule has 0 bridgehead atoms. The molecule has 23 heavy (non-hydrogen) atoms. The van der Waals surface area contributed by atoms with Crippen molar-refractivity contribution in [1.29, 1.82) is 0 Å². The van der Waals surface area contributed by atoms with Gasteiger partial charge in [0.05, 0.1) is 5.71 Å². The van der Waals surface area contributed by atoms with Crippen LogP contribution in [0.3, 0.4) is 0 Å². The summed E-state index contributed by atoms with van der Waals surface area (Å²) in [5.41, 5.74) is 8.48. The summed E-state index contributed by atoms with van der Waals surface area (Å²) in [6.45, 7) is 11.2. The molecule has 2 nitrogen and oxygen atoms in total. The molecule has 0 radical (unpaired) electrons. The summed E-state index contributed by atoms with van der Waals surface area (Å²) < 4.78 is 0. The lowest BCUT2D eigenvalue weighted by molar-refractivity contribution is 0.129. The molecule has 0 heterocycles. The first kappa shape index (κ1) is 17.3. The van der Waals surface area contributed by atoms with E-state index in [0.717, 1.165) is 18.6 Å². The molecule has 0 spiro atoms. The standard InChI is InChI=1S/C21H27NO/c1-6-7-21(20-11-9-16(3)13-18(20)5)22-23-14-19-10-8-15(2)12-17(19)4/h8-13H,6-7,14H2,1-5H3/b22-21+. The molecule has 0 aromatic heterocycles. The third-order valence-electron chi connectivity index (χ3n) is 4.07. The molecule has 2 rings (SSSR count). The minimum Gasteiger partial charge on any atom is -0.391 e. The molecule has 0 N–H and O–H groups in total. The van der Waals surface area contributed by atoms with E-state index in [1.807, 2.05) is 0 Å². The van der Waals surface area contributed by atoms with Gasteiger partial charge in [-0.25, -0.2) is 0 Å². The molecule has 0 saturated carbocycles. The van der Waals surface area contributed by atoms with Gasteiger partial charge in [0.2, 0.25) is 0 Å². The fraction of sp³-hybridized carbons (Fsp3) is 0.381. The van der Waals surface area contributed by atoms with Gasteiger partial charge in [-0.05, 0) is 50.8 Å². The van der Waals surface area contributed by atoms with Gasteiger partial charge in [-0.15, -0.1) is 0 Å². The van der Waals surface area contributed by atoms with E-state index in [1.54, 1.807) is 0 Å². The van der Waals surface area contributed by atoms with Crippen molar-refractivity contribution in [3.63, 3.8) is 0 Å². The van der Waals surface area contributed by atoms with Crippen LogP contribution >= 0.6 is 0 Å². The van der Waals surface area contributed by atoms with Crippen molar-refractivity contribution in [2.24, 2.45) is 5.16 Å². The highest BCUT2D eigenvalue weighted by atomic mass is 16.6. The maximum atomic E-state index is 5.68. The highest BCUT2D eigenvalue weighted by Gasteiger charge is 2.08. The number of rotatable bonds is 6. The maximum Gasteiger partial charge on any atom is 0.142 e. The van der Waals surface area contributed by atoms with E-state index >= 15 is 0 Å². The van der Waals surface area contributed by atoms with Crippen LogP contribution in [-0.2, 0) is 11.4 Å². The summed E-state index contributed by atoms with van der Waals surface area (Å²) in [7, 11) is 0. The molecular formula is C21H27NO. The van der Waals surface area contributed by atoms with E-state index in [1.165, 1.54) is 33.4 Å². The lowest BCUT2D eigenvalue weighted by Crippen LogP contribution is -2.05. The largest absolute Gasteiger partial charge is 0.391 e. The van der Waals surface area contributed by atoms with Gasteiger partial charge >= 0.3 is 0 Å². The van der Waals surface area contributed by atoms with Crippen LogP contribution < -0.4 is 0 Å². The normalized spacial score (nSPS) is 11.6. The lowest BCUT2D eigenvalue weighted by Gasteiger charge is -2.11. The molecule has 0 unspecified atom stereocenters. The quantitative estimate of drug-likeness (QED) is 0.500. The van der Waals surface area contributed by atoms with Gasteiger partial charge in [0.1, 0.15) is 6.61 Å². The maximum absolute atomic E-state index is 5.68. The summed E-state index contributed by atoms with van der Waals surface area (Å²) in [6.07, 6.45) is 1.98. The Kier molecular flexibility index (Phi) is 5.97. The molecule has 2 heteroatoms.